The number of aliphatic hydroxyl groups is 1. The number of rotatable bonds is 12. The van der Waals surface area contributed by atoms with E-state index >= 15 is 0 Å². The fraction of sp³-hybridized carbons (Fsp3) is 0.226. The average molecular weight is 675 g/mol. The molecule has 3 N–H and O–H groups in total. The molecule has 4 rings (SSSR count). The Kier molecular flexibility index (Phi) is 10.5. The van der Waals surface area contributed by atoms with E-state index in [4.69, 9.17) is 0 Å². The normalized spacial score (nSPS) is 13.4. The van der Waals surface area contributed by atoms with Crippen LogP contribution in [0.5, 0.6) is 0 Å². The van der Waals surface area contributed by atoms with E-state index in [0.717, 1.165) is 15.2 Å². The predicted octanol–water partition coefficient (Wildman–Crippen LogP) is 5.84. The van der Waals surface area contributed by atoms with Crippen LogP contribution in [0.4, 0.5) is 8.78 Å². The minimum Gasteiger partial charge on any atom is -0.390 e. The molecule has 0 aliphatic rings. The SMILES string of the molecule is CC(C(=O)N[C@H](Cc1cc(F)cc(F)c1)[C@H](O)CNCc1cccc(I)c1)c1ccc(C(=O)c2cccs2)cc1. The molecule has 5 nitrogen and oxygen atoms in total. The first kappa shape index (κ1) is 30.0. The van der Waals surface area contributed by atoms with Crippen molar-refractivity contribution in [3.63, 3.8) is 0 Å². The minimum atomic E-state index is -1.03. The first-order valence-electron chi connectivity index (χ1n) is 12.8. The molecular weight excluding hydrogens is 645 g/mol. The second-order valence-corrected chi connectivity index (χ2v) is 11.8. The molecule has 40 heavy (non-hydrogen) atoms. The summed E-state index contributed by atoms with van der Waals surface area (Å²) in [4.78, 5) is 26.5. The van der Waals surface area contributed by atoms with Gasteiger partial charge < -0.3 is 15.7 Å². The topological polar surface area (TPSA) is 78.4 Å². The number of aliphatic hydroxyl groups excluding tert-OH is 1. The molecule has 0 radical (unpaired) electrons. The fourth-order valence-corrected chi connectivity index (χ4v) is 5.65. The summed E-state index contributed by atoms with van der Waals surface area (Å²) in [5, 5.41) is 18.9. The standard InChI is InChI=1S/C31H29F2IN2O3S/c1-19(22-7-9-23(10-8-22)30(38)29-6-3-11-40-29)31(39)36-27(15-21-12-24(32)16-25(33)13-21)28(37)18-35-17-20-4-2-5-26(34)14-20/h2-14,16,19,27-28,35,37H,15,17-18H2,1H3,(H,36,39)/t19?,27-,28-/m1/s1. The van der Waals surface area contributed by atoms with Crippen LogP contribution in [0.1, 0.15) is 44.8 Å². The summed E-state index contributed by atoms with van der Waals surface area (Å²) in [7, 11) is 0. The number of halogens is 3. The molecule has 0 saturated heterocycles. The zero-order chi connectivity index (χ0) is 28.6. The quantitative estimate of drug-likeness (QED) is 0.130. The number of carbonyl (C=O) groups excluding carboxylic acids is 2. The van der Waals surface area contributed by atoms with Crippen LogP contribution in [0, 0.1) is 15.2 Å². The summed E-state index contributed by atoms with van der Waals surface area (Å²) in [6.07, 6.45) is -0.996. The van der Waals surface area contributed by atoms with Crippen molar-refractivity contribution < 1.29 is 23.5 Å². The lowest BCUT2D eigenvalue weighted by Crippen LogP contribution is -2.49. The second-order valence-electron chi connectivity index (χ2n) is 9.58. The van der Waals surface area contributed by atoms with Crippen molar-refractivity contribution in [1.82, 2.24) is 10.6 Å². The van der Waals surface area contributed by atoms with E-state index in [9.17, 15) is 23.5 Å². The van der Waals surface area contributed by atoms with E-state index in [1.165, 1.54) is 23.5 Å². The first-order chi connectivity index (χ1) is 19.2. The van der Waals surface area contributed by atoms with Crippen LogP contribution < -0.4 is 10.6 Å². The van der Waals surface area contributed by atoms with Gasteiger partial charge in [-0.2, -0.15) is 0 Å². The molecule has 0 bridgehead atoms. The highest BCUT2D eigenvalue weighted by Gasteiger charge is 2.25. The summed E-state index contributed by atoms with van der Waals surface area (Å²) >= 11 is 3.60. The minimum absolute atomic E-state index is 0.0352. The third-order valence-electron chi connectivity index (χ3n) is 6.55. The summed E-state index contributed by atoms with van der Waals surface area (Å²) < 4.78 is 28.8. The van der Waals surface area contributed by atoms with E-state index < -0.39 is 29.7 Å². The number of hydrogen-bond acceptors (Lipinski definition) is 5. The maximum Gasteiger partial charge on any atom is 0.227 e. The van der Waals surface area contributed by atoms with E-state index in [0.29, 0.717) is 28.1 Å². The zero-order valence-corrected chi connectivity index (χ0v) is 24.7. The Morgan fingerprint density at radius 2 is 1.68 bits per heavy atom. The molecule has 1 unspecified atom stereocenters. The highest BCUT2D eigenvalue weighted by Crippen LogP contribution is 2.21. The van der Waals surface area contributed by atoms with Crippen LogP contribution in [0.3, 0.4) is 0 Å². The number of hydrogen-bond donors (Lipinski definition) is 3. The van der Waals surface area contributed by atoms with Crippen molar-refractivity contribution in [3.8, 4) is 0 Å². The summed E-state index contributed by atoms with van der Waals surface area (Å²) in [6, 6.07) is 20.7. The number of nitrogens with one attached hydrogen (secondary N) is 2. The van der Waals surface area contributed by atoms with Gasteiger partial charge in [0.05, 0.1) is 22.9 Å². The molecule has 3 aromatic carbocycles. The largest absolute Gasteiger partial charge is 0.390 e. The van der Waals surface area contributed by atoms with Gasteiger partial charge in [0.1, 0.15) is 11.6 Å². The molecule has 9 heteroatoms. The lowest BCUT2D eigenvalue weighted by atomic mass is 9.95. The Morgan fingerprint density at radius 3 is 2.33 bits per heavy atom. The van der Waals surface area contributed by atoms with E-state index in [2.05, 4.69) is 33.2 Å². The van der Waals surface area contributed by atoms with Crippen molar-refractivity contribution >= 4 is 45.6 Å². The maximum atomic E-state index is 13.9. The fourth-order valence-electron chi connectivity index (χ4n) is 4.35. The summed E-state index contributed by atoms with van der Waals surface area (Å²) in [5.41, 5.74) is 2.59. The number of thiophene rings is 1. The second kappa shape index (κ2) is 14.1. The van der Waals surface area contributed by atoms with Gasteiger partial charge in [-0.05, 0) is 88.3 Å². The summed E-state index contributed by atoms with van der Waals surface area (Å²) in [5.74, 6) is -2.48. The maximum absolute atomic E-state index is 13.9. The molecule has 0 fully saturated rings. The molecular formula is C31H29F2IN2O3S. The van der Waals surface area contributed by atoms with Crippen molar-refractivity contribution in [1.29, 1.82) is 0 Å². The van der Waals surface area contributed by atoms with Crippen molar-refractivity contribution in [2.45, 2.75) is 38.0 Å². The van der Waals surface area contributed by atoms with Gasteiger partial charge in [0.2, 0.25) is 11.7 Å². The van der Waals surface area contributed by atoms with E-state index in [-0.39, 0.29) is 24.7 Å². The van der Waals surface area contributed by atoms with Crippen molar-refractivity contribution in [2.24, 2.45) is 0 Å². The predicted molar refractivity (Wildman–Crippen MR) is 161 cm³/mol. The number of benzene rings is 3. The number of amides is 1. The van der Waals surface area contributed by atoms with Crippen molar-refractivity contribution in [3.05, 3.63) is 127 Å². The Hall–Kier alpha value is -2.99. The van der Waals surface area contributed by atoms with Gasteiger partial charge in [0.15, 0.2) is 0 Å². The van der Waals surface area contributed by atoms with Crippen LogP contribution in [0.15, 0.2) is 84.2 Å². The van der Waals surface area contributed by atoms with Gasteiger partial charge >= 0.3 is 0 Å². The molecule has 4 aromatic rings. The van der Waals surface area contributed by atoms with Gasteiger partial charge in [-0.25, -0.2) is 8.78 Å². The lowest BCUT2D eigenvalue weighted by Gasteiger charge is -2.26. The molecule has 208 valence electrons. The Balaban J connectivity index is 1.44. The van der Waals surface area contributed by atoms with Gasteiger partial charge in [0.25, 0.3) is 0 Å². The average Bonchev–Trinajstić information content (AvgIpc) is 3.46. The molecule has 1 aromatic heterocycles. The Bertz CT molecular complexity index is 1430. The number of ketones is 1. The van der Waals surface area contributed by atoms with Crippen molar-refractivity contribution in [2.75, 3.05) is 6.54 Å². The zero-order valence-electron chi connectivity index (χ0n) is 21.7. The Labute approximate surface area is 249 Å². The van der Waals surface area contributed by atoms with Gasteiger partial charge in [-0.3, -0.25) is 9.59 Å². The molecule has 0 aliphatic carbocycles. The molecule has 3 atom stereocenters. The van der Waals surface area contributed by atoms with Crippen LogP contribution in [0.2, 0.25) is 0 Å². The molecule has 1 amide bonds. The van der Waals surface area contributed by atoms with Crippen LogP contribution in [0.25, 0.3) is 0 Å². The highest BCUT2D eigenvalue weighted by molar-refractivity contribution is 14.1. The summed E-state index contributed by atoms with van der Waals surface area (Å²) in [6.45, 7) is 2.39. The molecule has 0 spiro atoms. The smallest absolute Gasteiger partial charge is 0.227 e. The van der Waals surface area contributed by atoms with Gasteiger partial charge in [-0.15, -0.1) is 11.3 Å². The lowest BCUT2D eigenvalue weighted by molar-refractivity contribution is -0.123. The third kappa shape index (κ3) is 8.26. The monoisotopic (exact) mass is 674 g/mol. The van der Waals surface area contributed by atoms with Crippen LogP contribution in [-0.4, -0.2) is 35.5 Å². The first-order valence-corrected chi connectivity index (χ1v) is 14.7. The third-order valence-corrected chi connectivity index (χ3v) is 8.09. The molecule has 0 saturated carbocycles. The van der Waals surface area contributed by atoms with Crippen LogP contribution in [-0.2, 0) is 17.8 Å². The molecule has 0 aliphatic heterocycles. The van der Waals surface area contributed by atoms with Crippen LogP contribution >= 0.6 is 33.9 Å². The molecule has 1 heterocycles. The Morgan fingerprint density at radius 1 is 0.950 bits per heavy atom. The van der Waals surface area contributed by atoms with E-state index in [1.54, 1.807) is 37.3 Å². The highest BCUT2D eigenvalue weighted by atomic mass is 127. The number of carbonyl (C=O) groups is 2. The van der Waals surface area contributed by atoms with Gasteiger partial charge in [-0.1, -0.05) is 42.5 Å². The van der Waals surface area contributed by atoms with Gasteiger partial charge in [0, 0.05) is 28.3 Å². The van der Waals surface area contributed by atoms with E-state index in [1.807, 2.05) is 35.7 Å².